The molecule has 2 aromatic carbocycles. The van der Waals surface area contributed by atoms with Crippen molar-refractivity contribution < 1.29 is 22.8 Å². The number of carbonyl (C=O) groups excluding carboxylic acids is 2. The van der Waals surface area contributed by atoms with Gasteiger partial charge in [0.2, 0.25) is 5.91 Å². The normalized spacial score (nSPS) is 11.1. The van der Waals surface area contributed by atoms with E-state index in [1.54, 1.807) is 35.6 Å². The summed E-state index contributed by atoms with van der Waals surface area (Å²) in [6.45, 7) is -0.341. The molecule has 2 amide bonds. The second kappa shape index (κ2) is 8.71. The molecule has 2 N–H and O–H groups in total. The molecule has 2 aromatic rings. The SMILES string of the molecule is O=C(CCc1ccc(Cl)cc1)Nc1ccccc1CNC(=O)C(F)(F)F. The van der Waals surface area contributed by atoms with Crippen LogP contribution in [0.4, 0.5) is 18.9 Å². The van der Waals surface area contributed by atoms with E-state index in [0.717, 1.165) is 5.56 Å². The van der Waals surface area contributed by atoms with Gasteiger partial charge in [0.05, 0.1) is 0 Å². The third-order valence-electron chi connectivity index (χ3n) is 3.54. The van der Waals surface area contributed by atoms with Gasteiger partial charge in [0.1, 0.15) is 0 Å². The molecule has 0 aromatic heterocycles. The van der Waals surface area contributed by atoms with E-state index in [1.807, 2.05) is 12.1 Å². The Kier molecular flexibility index (Phi) is 6.63. The van der Waals surface area contributed by atoms with Crippen LogP contribution >= 0.6 is 11.6 Å². The molecule has 0 radical (unpaired) electrons. The molecule has 0 saturated heterocycles. The highest BCUT2D eigenvalue weighted by Gasteiger charge is 2.38. The quantitative estimate of drug-likeness (QED) is 0.788. The number of halogens is 4. The van der Waals surface area contributed by atoms with Crippen molar-refractivity contribution in [1.29, 1.82) is 0 Å². The fraction of sp³-hybridized carbons (Fsp3) is 0.222. The molecule has 4 nitrogen and oxygen atoms in total. The molecule has 0 saturated carbocycles. The molecule has 26 heavy (non-hydrogen) atoms. The van der Waals surface area contributed by atoms with Crippen molar-refractivity contribution in [1.82, 2.24) is 5.32 Å². The number of hydrogen-bond donors (Lipinski definition) is 2. The molecule has 0 aliphatic carbocycles. The van der Waals surface area contributed by atoms with Gasteiger partial charge in [-0.15, -0.1) is 0 Å². The summed E-state index contributed by atoms with van der Waals surface area (Å²) in [6.07, 6.45) is -4.25. The summed E-state index contributed by atoms with van der Waals surface area (Å²) in [5.41, 5.74) is 1.68. The van der Waals surface area contributed by atoms with E-state index in [9.17, 15) is 22.8 Å². The average Bonchev–Trinajstić information content (AvgIpc) is 2.59. The summed E-state index contributed by atoms with van der Waals surface area (Å²) in [5, 5.41) is 5.05. The number of anilines is 1. The minimum Gasteiger partial charge on any atom is -0.344 e. The van der Waals surface area contributed by atoms with E-state index >= 15 is 0 Å². The number of alkyl halides is 3. The van der Waals surface area contributed by atoms with Crippen molar-refractivity contribution in [3.05, 3.63) is 64.7 Å². The number of benzene rings is 2. The second-order valence-electron chi connectivity index (χ2n) is 5.51. The van der Waals surface area contributed by atoms with Gasteiger partial charge in [-0.05, 0) is 35.7 Å². The predicted molar refractivity (Wildman–Crippen MR) is 92.7 cm³/mol. The van der Waals surface area contributed by atoms with Crippen LogP contribution in [0.25, 0.3) is 0 Å². The van der Waals surface area contributed by atoms with E-state index in [-0.39, 0.29) is 18.9 Å². The molecule has 0 fully saturated rings. The number of para-hydroxylation sites is 1. The van der Waals surface area contributed by atoms with Crippen LogP contribution in [0.15, 0.2) is 48.5 Å². The fourth-order valence-corrected chi connectivity index (χ4v) is 2.32. The van der Waals surface area contributed by atoms with Gasteiger partial charge in [0.15, 0.2) is 0 Å². The van der Waals surface area contributed by atoms with Crippen molar-refractivity contribution in [2.45, 2.75) is 25.6 Å². The molecule has 0 atom stereocenters. The lowest BCUT2D eigenvalue weighted by Gasteiger charge is -2.13. The first kappa shape index (κ1) is 19.8. The summed E-state index contributed by atoms with van der Waals surface area (Å²) < 4.78 is 36.8. The highest BCUT2D eigenvalue weighted by Crippen LogP contribution is 2.18. The zero-order chi connectivity index (χ0) is 19.2. The Morgan fingerprint density at radius 2 is 1.65 bits per heavy atom. The van der Waals surface area contributed by atoms with E-state index in [4.69, 9.17) is 11.6 Å². The molecule has 0 aliphatic rings. The first-order valence-corrected chi connectivity index (χ1v) is 8.11. The van der Waals surface area contributed by atoms with Crippen LogP contribution in [0.1, 0.15) is 17.5 Å². The van der Waals surface area contributed by atoms with Crippen molar-refractivity contribution in [3.8, 4) is 0 Å². The Morgan fingerprint density at radius 1 is 1.00 bits per heavy atom. The third kappa shape index (κ3) is 6.07. The second-order valence-corrected chi connectivity index (χ2v) is 5.95. The molecule has 0 spiro atoms. The van der Waals surface area contributed by atoms with Crippen LogP contribution in [0, 0.1) is 0 Å². The molecule has 8 heteroatoms. The molecular weight excluding hydrogens is 369 g/mol. The largest absolute Gasteiger partial charge is 0.471 e. The number of carbonyl (C=O) groups is 2. The summed E-state index contributed by atoms with van der Waals surface area (Å²) in [6, 6.07) is 13.4. The highest BCUT2D eigenvalue weighted by molar-refractivity contribution is 6.30. The Bertz CT molecular complexity index is 777. The number of rotatable bonds is 6. The maximum Gasteiger partial charge on any atom is 0.471 e. The van der Waals surface area contributed by atoms with Crippen LogP contribution in [-0.2, 0) is 22.6 Å². The number of amides is 2. The summed E-state index contributed by atoms with van der Waals surface area (Å²) in [7, 11) is 0. The van der Waals surface area contributed by atoms with Crippen LogP contribution in [-0.4, -0.2) is 18.0 Å². The molecule has 0 unspecified atom stereocenters. The smallest absolute Gasteiger partial charge is 0.344 e. The van der Waals surface area contributed by atoms with Gasteiger partial charge in [-0.1, -0.05) is 41.9 Å². The lowest BCUT2D eigenvalue weighted by molar-refractivity contribution is -0.173. The van der Waals surface area contributed by atoms with Crippen LogP contribution in [0.2, 0.25) is 5.02 Å². The Balaban J connectivity index is 1.93. The lowest BCUT2D eigenvalue weighted by atomic mass is 10.1. The van der Waals surface area contributed by atoms with Gasteiger partial charge >= 0.3 is 12.1 Å². The molecule has 0 heterocycles. The Morgan fingerprint density at radius 3 is 2.31 bits per heavy atom. The molecule has 0 aliphatic heterocycles. The third-order valence-corrected chi connectivity index (χ3v) is 3.79. The van der Waals surface area contributed by atoms with E-state index in [1.165, 1.54) is 6.07 Å². The van der Waals surface area contributed by atoms with E-state index in [2.05, 4.69) is 5.32 Å². The van der Waals surface area contributed by atoms with Crippen molar-refractivity contribution in [3.63, 3.8) is 0 Å². The summed E-state index contributed by atoms with van der Waals surface area (Å²) in [5.74, 6) is -2.31. The summed E-state index contributed by atoms with van der Waals surface area (Å²) >= 11 is 5.80. The topological polar surface area (TPSA) is 58.2 Å². The van der Waals surface area contributed by atoms with Crippen LogP contribution in [0.3, 0.4) is 0 Å². The first-order chi connectivity index (χ1) is 12.3. The first-order valence-electron chi connectivity index (χ1n) is 7.73. The van der Waals surface area contributed by atoms with Gasteiger partial charge in [0, 0.05) is 23.7 Å². The van der Waals surface area contributed by atoms with Gasteiger partial charge < -0.3 is 10.6 Å². The van der Waals surface area contributed by atoms with Gasteiger partial charge in [-0.2, -0.15) is 13.2 Å². The number of aryl methyl sites for hydroxylation is 1. The average molecular weight is 385 g/mol. The van der Waals surface area contributed by atoms with Gasteiger partial charge in [0.25, 0.3) is 0 Å². The lowest BCUT2D eigenvalue weighted by Crippen LogP contribution is -2.36. The maximum absolute atomic E-state index is 12.3. The monoisotopic (exact) mass is 384 g/mol. The van der Waals surface area contributed by atoms with Crippen molar-refractivity contribution in [2.24, 2.45) is 0 Å². The fourth-order valence-electron chi connectivity index (χ4n) is 2.19. The zero-order valence-corrected chi connectivity index (χ0v) is 14.3. The minimum atomic E-state index is -4.95. The molecule has 0 bridgehead atoms. The van der Waals surface area contributed by atoms with E-state index in [0.29, 0.717) is 22.7 Å². The minimum absolute atomic E-state index is 0.199. The highest BCUT2D eigenvalue weighted by atomic mass is 35.5. The predicted octanol–water partition coefficient (Wildman–Crippen LogP) is 4.09. The van der Waals surface area contributed by atoms with Gasteiger partial charge in [-0.25, -0.2) is 0 Å². The Hall–Kier alpha value is -2.54. The Labute approximate surface area is 153 Å². The van der Waals surface area contributed by atoms with Crippen LogP contribution in [0.5, 0.6) is 0 Å². The maximum atomic E-state index is 12.3. The van der Waals surface area contributed by atoms with Gasteiger partial charge in [-0.3, -0.25) is 9.59 Å². The van der Waals surface area contributed by atoms with Crippen LogP contribution < -0.4 is 10.6 Å². The number of nitrogens with one attached hydrogen (secondary N) is 2. The molecule has 2 rings (SSSR count). The molecular formula is C18H16ClF3N2O2. The van der Waals surface area contributed by atoms with E-state index < -0.39 is 12.1 Å². The zero-order valence-electron chi connectivity index (χ0n) is 13.6. The molecule has 138 valence electrons. The number of hydrogen-bond acceptors (Lipinski definition) is 2. The standard InChI is InChI=1S/C18H16ClF3N2O2/c19-14-8-5-12(6-9-14)7-10-16(25)24-15-4-2-1-3-13(15)11-23-17(26)18(20,21)22/h1-6,8-9H,7,10-11H2,(H,23,26)(H,24,25). The van der Waals surface area contributed by atoms with Crippen molar-refractivity contribution >= 4 is 29.1 Å². The van der Waals surface area contributed by atoms with Crippen molar-refractivity contribution in [2.75, 3.05) is 5.32 Å². The summed E-state index contributed by atoms with van der Waals surface area (Å²) in [4.78, 5) is 23.0.